The van der Waals surface area contributed by atoms with Gasteiger partial charge in [-0.1, -0.05) is 51.5 Å². The number of sulfonamides is 1. The first kappa shape index (κ1) is 29.2. The van der Waals surface area contributed by atoms with Gasteiger partial charge < -0.3 is 15.0 Å². The predicted molar refractivity (Wildman–Crippen MR) is 144 cm³/mol. The van der Waals surface area contributed by atoms with Crippen molar-refractivity contribution in [2.45, 2.75) is 59.0 Å². The Kier molecular flexibility index (Phi) is 10.8. The summed E-state index contributed by atoms with van der Waals surface area (Å²) in [5, 5.41) is 2.87. The summed E-state index contributed by atoms with van der Waals surface area (Å²) in [6, 6.07) is 13.5. The van der Waals surface area contributed by atoms with Crippen LogP contribution in [-0.4, -0.2) is 57.6 Å². The smallest absolute Gasteiger partial charge is 0.244 e. The first-order chi connectivity index (χ1) is 17.0. The Morgan fingerprint density at radius 2 is 1.61 bits per heavy atom. The molecular weight excluding hydrogens is 478 g/mol. The van der Waals surface area contributed by atoms with Gasteiger partial charge in [0.15, 0.2) is 0 Å². The summed E-state index contributed by atoms with van der Waals surface area (Å²) in [6.07, 6.45) is 2.84. The van der Waals surface area contributed by atoms with Crippen molar-refractivity contribution in [3.05, 3.63) is 59.7 Å². The Morgan fingerprint density at radius 3 is 2.11 bits per heavy atom. The Labute approximate surface area is 215 Å². The second kappa shape index (κ2) is 13.3. The second-order valence-electron chi connectivity index (χ2n) is 9.21. The van der Waals surface area contributed by atoms with Crippen LogP contribution in [-0.2, 0) is 26.2 Å². The number of rotatable bonds is 13. The van der Waals surface area contributed by atoms with Gasteiger partial charge >= 0.3 is 0 Å². The highest BCUT2D eigenvalue weighted by Crippen LogP contribution is 2.23. The molecule has 198 valence electrons. The minimum atomic E-state index is -3.76. The van der Waals surface area contributed by atoms with Crippen molar-refractivity contribution in [1.82, 2.24) is 10.2 Å². The lowest BCUT2D eigenvalue weighted by molar-refractivity contribution is -0.139. The van der Waals surface area contributed by atoms with Crippen LogP contribution in [0.5, 0.6) is 5.75 Å². The lowest BCUT2D eigenvalue weighted by atomic mass is 10.0. The number of benzene rings is 2. The number of anilines is 1. The summed E-state index contributed by atoms with van der Waals surface area (Å²) in [5.74, 6) is 0.217. The van der Waals surface area contributed by atoms with E-state index < -0.39 is 28.5 Å². The lowest BCUT2D eigenvalue weighted by Crippen LogP contribution is -2.51. The van der Waals surface area contributed by atoms with Gasteiger partial charge in [0.25, 0.3) is 0 Å². The van der Waals surface area contributed by atoms with E-state index in [2.05, 4.69) is 19.2 Å². The van der Waals surface area contributed by atoms with Gasteiger partial charge in [0, 0.05) is 13.1 Å². The fourth-order valence-corrected chi connectivity index (χ4v) is 4.54. The molecule has 0 bridgehead atoms. The number of ether oxygens (including phenoxy) is 1. The molecule has 0 aliphatic heterocycles. The summed E-state index contributed by atoms with van der Waals surface area (Å²) in [7, 11) is -2.19. The van der Waals surface area contributed by atoms with E-state index >= 15 is 0 Å². The number of hydrogen-bond acceptors (Lipinski definition) is 5. The molecule has 2 aromatic carbocycles. The fraction of sp³-hybridized carbons (Fsp3) is 0.481. The predicted octanol–water partition coefficient (Wildman–Crippen LogP) is 3.92. The van der Waals surface area contributed by atoms with Crippen molar-refractivity contribution >= 4 is 27.5 Å². The van der Waals surface area contributed by atoms with Crippen molar-refractivity contribution < 1.29 is 22.7 Å². The molecule has 0 spiro atoms. The Hall–Kier alpha value is -3.07. The minimum absolute atomic E-state index is 0.148. The van der Waals surface area contributed by atoms with Crippen molar-refractivity contribution in [2.75, 3.05) is 30.8 Å². The molecule has 0 aromatic heterocycles. The molecule has 0 heterocycles. The van der Waals surface area contributed by atoms with Crippen LogP contribution >= 0.6 is 0 Å². The average Bonchev–Trinajstić information content (AvgIpc) is 2.85. The maximum absolute atomic E-state index is 13.6. The number of nitrogens with zero attached hydrogens (tertiary/aromatic N) is 2. The molecule has 2 rings (SSSR count). The average molecular weight is 518 g/mol. The molecule has 0 saturated heterocycles. The van der Waals surface area contributed by atoms with Gasteiger partial charge in [-0.25, -0.2) is 8.42 Å². The zero-order valence-corrected chi connectivity index (χ0v) is 23.0. The Morgan fingerprint density at radius 1 is 1.00 bits per heavy atom. The van der Waals surface area contributed by atoms with E-state index in [-0.39, 0.29) is 12.5 Å². The van der Waals surface area contributed by atoms with Gasteiger partial charge in [-0.2, -0.15) is 0 Å². The van der Waals surface area contributed by atoms with Gasteiger partial charge in [-0.05, 0) is 54.7 Å². The van der Waals surface area contributed by atoms with E-state index in [1.165, 1.54) is 4.90 Å². The third-order valence-corrected chi connectivity index (χ3v) is 7.18. The molecule has 0 saturated carbocycles. The molecule has 36 heavy (non-hydrogen) atoms. The van der Waals surface area contributed by atoms with Crippen molar-refractivity contribution in [1.29, 1.82) is 0 Å². The molecule has 1 N–H and O–H groups in total. The van der Waals surface area contributed by atoms with E-state index in [1.807, 2.05) is 31.2 Å². The Balaban J connectivity index is 2.34. The van der Waals surface area contributed by atoms with E-state index in [4.69, 9.17) is 4.74 Å². The largest absolute Gasteiger partial charge is 0.497 e. The molecule has 8 nitrogen and oxygen atoms in total. The van der Waals surface area contributed by atoms with Crippen LogP contribution in [0.15, 0.2) is 48.5 Å². The first-order valence-corrected chi connectivity index (χ1v) is 14.1. The standard InChI is InChI=1S/C27H39N3O5S/c1-7-8-17-28-27(32)21(4)29(18-22-9-15-25(35-5)16-10-22)26(31)19-30(36(6,33)34)24-13-11-23(12-14-24)20(2)3/h9-16,20-21H,7-8,17-19H2,1-6H3,(H,28,32)/t21-/m0/s1. The number of unbranched alkanes of at least 4 members (excludes halogenated alkanes) is 1. The van der Waals surface area contributed by atoms with Crippen molar-refractivity contribution in [3.63, 3.8) is 0 Å². The minimum Gasteiger partial charge on any atom is -0.497 e. The molecule has 0 unspecified atom stereocenters. The van der Waals surface area contributed by atoms with E-state index in [9.17, 15) is 18.0 Å². The maximum atomic E-state index is 13.6. The van der Waals surface area contributed by atoms with Crippen LogP contribution in [0, 0.1) is 0 Å². The van der Waals surface area contributed by atoms with E-state index in [1.54, 1.807) is 38.3 Å². The number of carbonyl (C=O) groups excluding carboxylic acids is 2. The van der Waals surface area contributed by atoms with Gasteiger partial charge in [-0.15, -0.1) is 0 Å². The second-order valence-corrected chi connectivity index (χ2v) is 11.1. The van der Waals surface area contributed by atoms with E-state index in [0.717, 1.165) is 34.5 Å². The molecule has 0 radical (unpaired) electrons. The third kappa shape index (κ3) is 8.26. The number of amides is 2. The SMILES string of the molecule is CCCCNC(=O)[C@H](C)N(Cc1ccc(OC)cc1)C(=O)CN(c1ccc(C(C)C)cc1)S(C)(=O)=O. The first-order valence-electron chi connectivity index (χ1n) is 12.3. The van der Waals surface area contributed by atoms with Gasteiger partial charge in [-0.3, -0.25) is 13.9 Å². The highest BCUT2D eigenvalue weighted by molar-refractivity contribution is 7.92. The summed E-state index contributed by atoms with van der Waals surface area (Å²) < 4.78 is 31.6. The van der Waals surface area contributed by atoms with E-state index in [0.29, 0.717) is 23.9 Å². The summed E-state index contributed by atoms with van der Waals surface area (Å²) in [6.45, 7) is 8.04. The number of hydrogen-bond donors (Lipinski definition) is 1. The molecule has 2 aromatic rings. The quantitative estimate of drug-likeness (QED) is 0.406. The molecule has 2 amide bonds. The van der Waals surface area contributed by atoms with Gasteiger partial charge in [0.1, 0.15) is 18.3 Å². The number of carbonyl (C=O) groups is 2. The topological polar surface area (TPSA) is 96.0 Å². The number of nitrogens with one attached hydrogen (secondary N) is 1. The van der Waals surface area contributed by atoms with Crippen LogP contribution in [0.25, 0.3) is 0 Å². The molecule has 0 aliphatic rings. The molecule has 0 aliphatic carbocycles. The monoisotopic (exact) mass is 517 g/mol. The summed E-state index contributed by atoms with van der Waals surface area (Å²) in [4.78, 5) is 27.8. The Bertz CT molecular complexity index is 1100. The molecule has 0 fully saturated rings. The van der Waals surface area contributed by atoms with Crippen molar-refractivity contribution in [3.8, 4) is 5.75 Å². The fourth-order valence-electron chi connectivity index (χ4n) is 3.69. The summed E-state index contributed by atoms with van der Waals surface area (Å²) in [5.41, 5.74) is 2.27. The van der Waals surface area contributed by atoms with Gasteiger partial charge in [0.05, 0.1) is 19.1 Å². The molecule has 9 heteroatoms. The highest BCUT2D eigenvalue weighted by Gasteiger charge is 2.30. The third-order valence-electron chi connectivity index (χ3n) is 6.04. The van der Waals surface area contributed by atoms with Crippen LogP contribution in [0.1, 0.15) is 57.6 Å². The summed E-state index contributed by atoms with van der Waals surface area (Å²) >= 11 is 0. The van der Waals surface area contributed by atoms with Crippen LogP contribution in [0.3, 0.4) is 0 Å². The van der Waals surface area contributed by atoms with Crippen LogP contribution in [0.2, 0.25) is 0 Å². The van der Waals surface area contributed by atoms with Crippen LogP contribution < -0.4 is 14.4 Å². The highest BCUT2D eigenvalue weighted by atomic mass is 32.2. The zero-order valence-electron chi connectivity index (χ0n) is 22.2. The molecular formula is C27H39N3O5S. The zero-order chi connectivity index (χ0) is 26.9. The number of methoxy groups -OCH3 is 1. The lowest BCUT2D eigenvalue weighted by Gasteiger charge is -2.31. The normalized spacial score (nSPS) is 12.2. The maximum Gasteiger partial charge on any atom is 0.244 e. The molecule has 1 atom stereocenters. The van der Waals surface area contributed by atoms with Crippen molar-refractivity contribution in [2.24, 2.45) is 0 Å². The van der Waals surface area contributed by atoms with Crippen LogP contribution in [0.4, 0.5) is 5.69 Å². The van der Waals surface area contributed by atoms with Gasteiger partial charge in [0.2, 0.25) is 21.8 Å².